The molecule has 0 aromatic rings. The fraction of sp³-hybridized carbons (Fsp3) is 0.750. The molecule has 92 valence electrons. The van der Waals surface area contributed by atoms with Gasteiger partial charge in [0.1, 0.15) is 11.1 Å². The minimum Gasteiger partial charge on any atom is -0.347 e. The average Bonchev–Trinajstić information content (AvgIpc) is 2.30. The molecule has 8 heteroatoms. The Hall–Kier alpha value is -0.600. The summed E-state index contributed by atoms with van der Waals surface area (Å²) in [5.41, 5.74) is 0. The predicted octanol–water partition coefficient (Wildman–Crippen LogP) is 3.38. The normalized spacial score (nSPS) is 16.6. The number of ether oxygens (including phenoxy) is 1. The van der Waals surface area contributed by atoms with Crippen LogP contribution in [-0.2, 0) is 13.8 Å². The van der Waals surface area contributed by atoms with Crippen LogP contribution >= 0.6 is 21.9 Å². The smallest absolute Gasteiger partial charge is 0.347 e. The van der Waals surface area contributed by atoms with Gasteiger partial charge in [-0.15, -0.1) is 0 Å². The van der Waals surface area contributed by atoms with Crippen molar-refractivity contribution in [3.8, 4) is 0 Å². The maximum absolute atomic E-state index is 10.8. The van der Waals surface area contributed by atoms with Gasteiger partial charge < -0.3 is 8.92 Å². The van der Waals surface area contributed by atoms with Crippen LogP contribution < -0.4 is 0 Å². The van der Waals surface area contributed by atoms with Crippen molar-refractivity contribution in [3.63, 3.8) is 0 Å². The summed E-state index contributed by atoms with van der Waals surface area (Å²) in [6.45, 7) is 0. The Balaban J connectivity index is 2.05. The van der Waals surface area contributed by atoms with Gasteiger partial charge in [0.05, 0.1) is 0 Å². The highest BCUT2D eigenvalue weighted by molar-refractivity contribution is 8.75. The quantitative estimate of drug-likeness (QED) is 0.208. The molecule has 1 saturated carbocycles. The third kappa shape index (κ3) is 5.47. The largest absolute Gasteiger partial charge is 0.550 e. The number of hydrogen-bond acceptors (Lipinski definition) is 8. The number of hydrogen-bond donors (Lipinski definition) is 1. The van der Waals surface area contributed by atoms with Gasteiger partial charge in [0, 0.05) is 5.25 Å². The number of rotatable bonds is 3. The fourth-order valence-electron chi connectivity index (χ4n) is 1.37. The SMILES string of the molecule is O=C(OO)OC(=O)OSSC1CCCCC1. The molecule has 16 heavy (non-hydrogen) atoms. The molecule has 0 heterocycles. The zero-order chi connectivity index (χ0) is 11.8. The first-order chi connectivity index (χ1) is 7.72. The Morgan fingerprint density at radius 2 is 1.81 bits per heavy atom. The first-order valence-electron chi connectivity index (χ1n) is 4.79. The van der Waals surface area contributed by atoms with Gasteiger partial charge in [-0.05, 0) is 23.6 Å². The molecule has 0 unspecified atom stereocenters. The van der Waals surface area contributed by atoms with E-state index in [1.165, 1.54) is 30.1 Å². The maximum atomic E-state index is 10.8. The van der Waals surface area contributed by atoms with E-state index < -0.39 is 12.3 Å². The van der Waals surface area contributed by atoms with Crippen LogP contribution in [0, 0.1) is 0 Å². The van der Waals surface area contributed by atoms with E-state index in [9.17, 15) is 9.59 Å². The lowest BCUT2D eigenvalue weighted by atomic mass is 10.0. The second kappa shape index (κ2) is 7.64. The minimum atomic E-state index is -1.51. The van der Waals surface area contributed by atoms with E-state index in [1.807, 2.05) is 0 Å². The molecule has 0 amide bonds. The van der Waals surface area contributed by atoms with E-state index in [2.05, 4.69) is 13.8 Å². The van der Waals surface area contributed by atoms with Gasteiger partial charge in [-0.3, -0.25) is 4.89 Å². The van der Waals surface area contributed by atoms with Crippen LogP contribution in [0.2, 0.25) is 0 Å². The van der Waals surface area contributed by atoms with Crippen LogP contribution in [-0.4, -0.2) is 22.8 Å². The Labute approximate surface area is 101 Å². The summed E-state index contributed by atoms with van der Waals surface area (Å²) in [6, 6.07) is 0. The Morgan fingerprint density at radius 3 is 2.44 bits per heavy atom. The summed E-state index contributed by atoms with van der Waals surface area (Å²) in [7, 11) is 1.44. The van der Waals surface area contributed by atoms with Crippen molar-refractivity contribution in [2.75, 3.05) is 0 Å². The maximum Gasteiger partial charge on any atom is 0.550 e. The molecule has 0 saturated heterocycles. The highest BCUT2D eigenvalue weighted by Gasteiger charge is 2.18. The van der Waals surface area contributed by atoms with Gasteiger partial charge in [0.2, 0.25) is 0 Å². The zero-order valence-electron chi connectivity index (χ0n) is 8.42. The van der Waals surface area contributed by atoms with Crippen molar-refractivity contribution in [2.45, 2.75) is 37.4 Å². The van der Waals surface area contributed by atoms with E-state index in [4.69, 9.17) is 5.26 Å². The van der Waals surface area contributed by atoms with Crippen molar-refractivity contribution >= 4 is 34.2 Å². The molecule has 1 fully saturated rings. The predicted molar refractivity (Wildman–Crippen MR) is 58.7 cm³/mol. The van der Waals surface area contributed by atoms with Crippen molar-refractivity contribution in [1.82, 2.24) is 0 Å². The molecule has 0 bridgehead atoms. The topological polar surface area (TPSA) is 82.1 Å². The summed E-state index contributed by atoms with van der Waals surface area (Å²) >= 11 is 0.873. The van der Waals surface area contributed by atoms with Crippen LogP contribution in [0.3, 0.4) is 0 Å². The number of carbonyl (C=O) groups excluding carboxylic acids is 2. The second-order valence-electron chi connectivity index (χ2n) is 3.20. The van der Waals surface area contributed by atoms with Crippen LogP contribution in [0.1, 0.15) is 32.1 Å². The summed E-state index contributed by atoms with van der Waals surface area (Å²) < 4.78 is 8.41. The summed E-state index contributed by atoms with van der Waals surface area (Å²) in [6.07, 6.45) is 3.15. The monoisotopic (exact) mass is 268 g/mol. The lowest BCUT2D eigenvalue weighted by molar-refractivity contribution is -0.195. The van der Waals surface area contributed by atoms with Crippen molar-refractivity contribution in [2.24, 2.45) is 0 Å². The van der Waals surface area contributed by atoms with Gasteiger partial charge in [0.25, 0.3) is 0 Å². The zero-order valence-corrected chi connectivity index (χ0v) is 10.1. The minimum absolute atomic E-state index is 0.469. The lowest BCUT2D eigenvalue weighted by Crippen LogP contribution is -2.11. The van der Waals surface area contributed by atoms with Crippen LogP contribution in [0.15, 0.2) is 0 Å². The van der Waals surface area contributed by atoms with E-state index >= 15 is 0 Å². The van der Waals surface area contributed by atoms with E-state index in [-0.39, 0.29) is 0 Å². The van der Waals surface area contributed by atoms with Crippen molar-refractivity contribution < 1.29 is 28.7 Å². The highest BCUT2D eigenvalue weighted by atomic mass is 33.1. The fourth-order valence-corrected chi connectivity index (χ4v) is 3.33. The molecule has 0 aliphatic heterocycles. The second-order valence-corrected chi connectivity index (χ2v) is 5.35. The van der Waals surface area contributed by atoms with Crippen molar-refractivity contribution in [1.29, 1.82) is 0 Å². The Kier molecular flexibility index (Phi) is 6.43. The van der Waals surface area contributed by atoms with Gasteiger partial charge in [-0.1, -0.05) is 19.3 Å². The molecule has 1 aliphatic rings. The Bertz CT molecular complexity index is 241. The number of carbonyl (C=O) groups is 2. The molecule has 1 N–H and O–H groups in total. The first-order valence-corrected chi connectivity index (χ1v) is 6.93. The summed E-state index contributed by atoms with van der Waals surface area (Å²) in [4.78, 5) is 24.2. The standard InChI is InChI=1S/C8H12O6S2/c9-7(13-11)12-8(10)14-16-15-6-4-2-1-3-5-6/h6,11H,1-5H2. The van der Waals surface area contributed by atoms with E-state index in [0.717, 1.165) is 23.9 Å². The molecule has 6 nitrogen and oxygen atoms in total. The first kappa shape index (κ1) is 13.5. The van der Waals surface area contributed by atoms with E-state index in [1.54, 1.807) is 0 Å². The third-order valence-corrected chi connectivity index (χ3v) is 4.35. The van der Waals surface area contributed by atoms with Crippen LogP contribution in [0.4, 0.5) is 9.59 Å². The molecule has 0 aromatic heterocycles. The molecular formula is C8H12O6S2. The molecule has 0 aromatic carbocycles. The average molecular weight is 268 g/mol. The molecule has 0 spiro atoms. The molecule has 0 radical (unpaired) electrons. The molecular weight excluding hydrogens is 256 g/mol. The van der Waals surface area contributed by atoms with E-state index in [0.29, 0.717) is 5.25 Å². The van der Waals surface area contributed by atoms with Crippen LogP contribution in [0.25, 0.3) is 0 Å². The lowest BCUT2D eigenvalue weighted by Gasteiger charge is -2.18. The molecule has 0 atom stereocenters. The van der Waals surface area contributed by atoms with Gasteiger partial charge >= 0.3 is 12.3 Å². The Morgan fingerprint density at radius 1 is 1.12 bits per heavy atom. The summed E-state index contributed by atoms with van der Waals surface area (Å²) in [5.74, 6) is 0. The molecule has 1 aliphatic carbocycles. The van der Waals surface area contributed by atoms with Gasteiger partial charge in [-0.25, -0.2) is 9.59 Å². The van der Waals surface area contributed by atoms with Crippen LogP contribution in [0.5, 0.6) is 0 Å². The van der Waals surface area contributed by atoms with Gasteiger partial charge in [-0.2, -0.15) is 5.26 Å². The van der Waals surface area contributed by atoms with Crippen molar-refractivity contribution in [3.05, 3.63) is 0 Å². The van der Waals surface area contributed by atoms with Gasteiger partial charge in [0.15, 0.2) is 0 Å². The molecule has 1 rings (SSSR count). The highest BCUT2D eigenvalue weighted by Crippen LogP contribution is 2.36. The summed E-state index contributed by atoms with van der Waals surface area (Å²) in [5, 5.41) is 8.29. The third-order valence-electron chi connectivity index (χ3n) is 2.07.